The molecule has 0 radical (unpaired) electrons. The predicted octanol–water partition coefficient (Wildman–Crippen LogP) is 4.20. The van der Waals surface area contributed by atoms with Crippen molar-refractivity contribution in [2.45, 2.75) is 87.2 Å². The molecule has 1 aliphatic rings. The molecule has 1 rings (SSSR count). The lowest BCUT2D eigenvalue weighted by atomic mass is 9.78. The minimum absolute atomic E-state index is 0.0181. The fourth-order valence-electron chi connectivity index (χ4n) is 4.91. The lowest BCUT2D eigenvalue weighted by Gasteiger charge is -2.32. The van der Waals surface area contributed by atoms with E-state index in [1.165, 1.54) is 4.90 Å². The Morgan fingerprint density at radius 2 is 1.69 bits per heavy atom. The summed E-state index contributed by atoms with van der Waals surface area (Å²) in [6.07, 6.45) is 4.54. The molecule has 4 atom stereocenters. The SMILES string of the molecule is C=C1CC(=O)N[C@@H](C)C(=O)N(C)[C@@H](C(C)C)C(=O)NCC(=O)C[C@@H](/C(C)=C/C(C)=C/C(C)(C)C)[C@@H]1C. The summed E-state index contributed by atoms with van der Waals surface area (Å²) in [5.74, 6) is -1.67. The second-order valence-corrected chi connectivity index (χ2v) is 11.8. The highest BCUT2D eigenvalue weighted by Gasteiger charge is 2.33. The summed E-state index contributed by atoms with van der Waals surface area (Å²) in [6, 6.07) is -1.56. The van der Waals surface area contributed by atoms with Gasteiger partial charge in [-0.2, -0.15) is 0 Å². The molecular weight excluding hydrogens is 454 g/mol. The monoisotopic (exact) mass is 501 g/mol. The Balaban J connectivity index is 3.40. The average molecular weight is 502 g/mol. The van der Waals surface area contributed by atoms with E-state index in [9.17, 15) is 19.2 Å². The lowest BCUT2D eigenvalue weighted by molar-refractivity contribution is -0.143. The molecule has 36 heavy (non-hydrogen) atoms. The van der Waals surface area contributed by atoms with Gasteiger partial charge in [-0.05, 0) is 43.9 Å². The van der Waals surface area contributed by atoms with E-state index in [1.54, 1.807) is 14.0 Å². The number of allylic oxidation sites excluding steroid dienone is 4. The molecule has 7 heteroatoms. The van der Waals surface area contributed by atoms with Crippen molar-refractivity contribution in [3.05, 3.63) is 35.5 Å². The second-order valence-electron chi connectivity index (χ2n) is 11.8. The number of ketones is 1. The molecule has 0 spiro atoms. The number of carbonyl (C=O) groups is 4. The number of hydrogen-bond acceptors (Lipinski definition) is 4. The van der Waals surface area contributed by atoms with E-state index < -0.39 is 12.1 Å². The second kappa shape index (κ2) is 13.0. The molecular formula is C29H47N3O4. The summed E-state index contributed by atoms with van der Waals surface area (Å²) in [7, 11) is 1.55. The van der Waals surface area contributed by atoms with Crippen LogP contribution in [0.4, 0.5) is 0 Å². The van der Waals surface area contributed by atoms with E-state index in [0.717, 1.165) is 11.1 Å². The van der Waals surface area contributed by atoms with Gasteiger partial charge in [-0.15, -0.1) is 0 Å². The molecule has 0 aromatic heterocycles. The van der Waals surface area contributed by atoms with Crippen LogP contribution in [-0.2, 0) is 19.2 Å². The number of Topliss-reactive ketones (excluding diaryl/α,β-unsaturated/α-hetero) is 1. The molecule has 7 nitrogen and oxygen atoms in total. The van der Waals surface area contributed by atoms with Crippen LogP contribution in [0.15, 0.2) is 35.5 Å². The third-order valence-corrected chi connectivity index (χ3v) is 6.66. The smallest absolute Gasteiger partial charge is 0.245 e. The van der Waals surface area contributed by atoms with Gasteiger partial charge in [0.25, 0.3) is 0 Å². The Hall–Kier alpha value is -2.70. The van der Waals surface area contributed by atoms with E-state index in [4.69, 9.17) is 0 Å². The molecule has 1 fully saturated rings. The van der Waals surface area contributed by atoms with Crippen molar-refractivity contribution in [1.82, 2.24) is 15.5 Å². The van der Waals surface area contributed by atoms with Gasteiger partial charge in [-0.3, -0.25) is 19.2 Å². The third kappa shape index (κ3) is 9.40. The van der Waals surface area contributed by atoms with Crippen molar-refractivity contribution < 1.29 is 19.2 Å². The molecule has 0 aliphatic carbocycles. The number of likely N-dealkylation sites (N-methyl/N-ethyl adjacent to an activating group) is 1. The maximum absolute atomic E-state index is 13.0. The molecule has 0 unspecified atom stereocenters. The fourth-order valence-corrected chi connectivity index (χ4v) is 4.91. The maximum Gasteiger partial charge on any atom is 0.245 e. The van der Waals surface area contributed by atoms with Crippen molar-refractivity contribution in [1.29, 1.82) is 0 Å². The van der Waals surface area contributed by atoms with Gasteiger partial charge in [0.05, 0.1) is 6.54 Å². The van der Waals surface area contributed by atoms with Gasteiger partial charge >= 0.3 is 0 Å². The number of nitrogens with one attached hydrogen (secondary N) is 2. The zero-order chi connectivity index (χ0) is 28.0. The van der Waals surface area contributed by atoms with Crippen LogP contribution >= 0.6 is 0 Å². The van der Waals surface area contributed by atoms with Crippen molar-refractivity contribution in [3.8, 4) is 0 Å². The molecule has 0 aromatic carbocycles. The normalized spacial score (nSPS) is 27.0. The molecule has 0 saturated carbocycles. The molecule has 1 saturated heterocycles. The highest BCUT2D eigenvalue weighted by Crippen LogP contribution is 2.32. The Morgan fingerprint density at radius 3 is 2.22 bits per heavy atom. The van der Waals surface area contributed by atoms with Gasteiger partial charge in [-0.1, -0.05) is 77.0 Å². The average Bonchev–Trinajstić information content (AvgIpc) is 2.72. The highest BCUT2D eigenvalue weighted by atomic mass is 16.2. The Morgan fingerprint density at radius 1 is 1.11 bits per heavy atom. The molecule has 0 bridgehead atoms. The summed E-state index contributed by atoms with van der Waals surface area (Å²) >= 11 is 0. The largest absolute Gasteiger partial charge is 0.347 e. The first-order valence-electron chi connectivity index (χ1n) is 12.8. The molecule has 3 amide bonds. The minimum atomic E-state index is -0.797. The Bertz CT molecular complexity index is 923. The highest BCUT2D eigenvalue weighted by molar-refractivity contribution is 5.94. The van der Waals surface area contributed by atoms with Crippen LogP contribution < -0.4 is 10.6 Å². The van der Waals surface area contributed by atoms with Crippen LogP contribution in [0.5, 0.6) is 0 Å². The van der Waals surface area contributed by atoms with Crippen molar-refractivity contribution in [2.24, 2.45) is 23.2 Å². The summed E-state index contributed by atoms with van der Waals surface area (Å²) < 4.78 is 0. The third-order valence-electron chi connectivity index (χ3n) is 6.66. The predicted molar refractivity (Wildman–Crippen MR) is 145 cm³/mol. The van der Waals surface area contributed by atoms with E-state index in [0.29, 0.717) is 5.57 Å². The van der Waals surface area contributed by atoms with Crippen LogP contribution in [-0.4, -0.2) is 54.1 Å². The van der Waals surface area contributed by atoms with Crippen LogP contribution in [0.25, 0.3) is 0 Å². The molecule has 2 N–H and O–H groups in total. The standard InChI is InChI=1S/C29H47N3O4/c1-17(2)26-27(35)30-16-23(33)14-24(20(5)12-18(3)15-29(8,9)10)21(6)19(4)13-25(34)31-22(7)28(36)32(26)11/h12,15,17,21-22,24,26H,4,13-14,16H2,1-3,5-11H3,(H,30,35)(H,31,34)/b18-15+,20-12+/t21-,22+,24+,26+/m1/s1. The summed E-state index contributed by atoms with van der Waals surface area (Å²) in [6.45, 7) is 21.7. The van der Waals surface area contributed by atoms with Crippen LogP contribution in [0, 0.1) is 23.2 Å². The first kappa shape index (κ1) is 31.3. The van der Waals surface area contributed by atoms with Gasteiger partial charge in [0.15, 0.2) is 5.78 Å². The van der Waals surface area contributed by atoms with E-state index in [1.807, 2.05) is 34.6 Å². The van der Waals surface area contributed by atoms with Gasteiger partial charge in [0.1, 0.15) is 12.1 Å². The number of amides is 3. The Kier molecular flexibility index (Phi) is 11.3. The minimum Gasteiger partial charge on any atom is -0.347 e. The summed E-state index contributed by atoms with van der Waals surface area (Å²) in [5.41, 5.74) is 2.84. The Labute approximate surface area is 217 Å². The van der Waals surface area contributed by atoms with E-state index in [-0.39, 0.29) is 66.1 Å². The molecule has 1 aliphatic heterocycles. The quantitative estimate of drug-likeness (QED) is 0.448. The maximum atomic E-state index is 13.0. The van der Waals surface area contributed by atoms with E-state index in [2.05, 4.69) is 50.1 Å². The molecule has 202 valence electrons. The fraction of sp³-hybridized carbons (Fsp3) is 0.655. The van der Waals surface area contributed by atoms with Crippen molar-refractivity contribution >= 4 is 23.5 Å². The van der Waals surface area contributed by atoms with Crippen molar-refractivity contribution in [2.75, 3.05) is 13.6 Å². The number of rotatable bonds is 3. The zero-order valence-electron chi connectivity index (χ0n) is 24.0. The lowest BCUT2D eigenvalue weighted by Crippen LogP contribution is -2.55. The van der Waals surface area contributed by atoms with Crippen LogP contribution in [0.2, 0.25) is 0 Å². The number of carbonyl (C=O) groups excluding carboxylic acids is 4. The first-order chi connectivity index (χ1) is 16.4. The van der Waals surface area contributed by atoms with Crippen LogP contribution in [0.1, 0.15) is 75.2 Å². The van der Waals surface area contributed by atoms with Gasteiger partial charge in [0, 0.05) is 19.9 Å². The first-order valence-corrected chi connectivity index (χ1v) is 12.8. The van der Waals surface area contributed by atoms with Gasteiger partial charge < -0.3 is 15.5 Å². The van der Waals surface area contributed by atoms with E-state index >= 15 is 0 Å². The summed E-state index contributed by atoms with van der Waals surface area (Å²) in [5, 5.41) is 5.49. The topological polar surface area (TPSA) is 95.6 Å². The van der Waals surface area contributed by atoms with Crippen molar-refractivity contribution in [3.63, 3.8) is 0 Å². The molecule has 1 heterocycles. The van der Waals surface area contributed by atoms with Gasteiger partial charge in [-0.25, -0.2) is 0 Å². The number of hydrogen-bond donors (Lipinski definition) is 2. The van der Waals surface area contributed by atoms with Crippen LogP contribution in [0.3, 0.4) is 0 Å². The van der Waals surface area contributed by atoms with Gasteiger partial charge in [0.2, 0.25) is 17.7 Å². The summed E-state index contributed by atoms with van der Waals surface area (Å²) in [4.78, 5) is 53.1. The number of nitrogens with zero attached hydrogens (tertiary/aromatic N) is 1. The molecule has 0 aromatic rings. The zero-order valence-corrected chi connectivity index (χ0v) is 24.0.